The Kier molecular flexibility index (Phi) is 9.61. The first-order valence-electron chi connectivity index (χ1n) is 2.55. The van der Waals surface area contributed by atoms with Gasteiger partial charge in [-0.2, -0.15) is 0 Å². The lowest BCUT2D eigenvalue weighted by Gasteiger charge is -1.74. The van der Waals surface area contributed by atoms with Crippen molar-refractivity contribution < 1.29 is 19.8 Å². The third kappa shape index (κ3) is 28.9. The smallest absolute Gasteiger partial charge is 0.328 e. The fourth-order valence-corrected chi connectivity index (χ4v) is 0.143. The van der Waals surface area contributed by atoms with E-state index < -0.39 is 11.9 Å². The van der Waals surface area contributed by atoms with Crippen molar-refractivity contribution in [3.05, 3.63) is 12.2 Å². The van der Waals surface area contributed by atoms with E-state index in [-0.39, 0.29) is 0 Å². The SMILES string of the molecule is CNN.O=C(O)/C=C\C(=O)O. The van der Waals surface area contributed by atoms with Crippen LogP contribution in [0.5, 0.6) is 0 Å². The molecule has 0 aromatic carbocycles. The van der Waals surface area contributed by atoms with Crippen LogP contribution in [-0.2, 0) is 9.59 Å². The highest BCUT2D eigenvalue weighted by Gasteiger charge is 1.88. The van der Waals surface area contributed by atoms with Crippen LogP contribution in [0.1, 0.15) is 0 Å². The first-order valence-corrected chi connectivity index (χ1v) is 2.55. The predicted molar refractivity (Wildman–Crippen MR) is 37.7 cm³/mol. The molecule has 0 aliphatic heterocycles. The molecular weight excluding hydrogens is 152 g/mol. The van der Waals surface area contributed by atoms with Crippen molar-refractivity contribution in [3.63, 3.8) is 0 Å². The first kappa shape index (κ1) is 12.3. The second-order valence-corrected chi connectivity index (χ2v) is 1.30. The number of aliphatic carboxylic acids is 2. The zero-order valence-corrected chi connectivity index (χ0v) is 5.94. The Bertz CT molecular complexity index is 139. The number of carbonyl (C=O) groups is 2. The van der Waals surface area contributed by atoms with Crippen molar-refractivity contribution >= 4 is 11.9 Å². The van der Waals surface area contributed by atoms with Gasteiger partial charge in [-0.1, -0.05) is 0 Å². The van der Waals surface area contributed by atoms with Crippen LogP contribution in [0.2, 0.25) is 0 Å². The lowest BCUT2D eigenvalue weighted by Crippen LogP contribution is -2.13. The molecule has 0 spiro atoms. The van der Waals surface area contributed by atoms with Crippen LogP contribution in [0.3, 0.4) is 0 Å². The number of hydrogen-bond donors (Lipinski definition) is 4. The van der Waals surface area contributed by atoms with E-state index in [1.807, 2.05) is 0 Å². The minimum Gasteiger partial charge on any atom is -0.478 e. The molecule has 6 nitrogen and oxygen atoms in total. The van der Waals surface area contributed by atoms with Gasteiger partial charge in [0.15, 0.2) is 0 Å². The molecule has 0 bridgehead atoms. The van der Waals surface area contributed by atoms with E-state index in [0.717, 1.165) is 0 Å². The number of nitrogens with two attached hydrogens (primary N) is 1. The van der Waals surface area contributed by atoms with E-state index in [4.69, 9.17) is 10.2 Å². The maximum Gasteiger partial charge on any atom is 0.328 e. The minimum atomic E-state index is -1.26. The van der Waals surface area contributed by atoms with Gasteiger partial charge in [0.05, 0.1) is 0 Å². The summed E-state index contributed by atoms with van der Waals surface area (Å²) in [4.78, 5) is 19.1. The molecule has 0 saturated carbocycles. The summed E-state index contributed by atoms with van der Waals surface area (Å²) in [6, 6.07) is 0. The summed E-state index contributed by atoms with van der Waals surface area (Å²) >= 11 is 0. The van der Waals surface area contributed by atoms with Crippen LogP contribution in [0.15, 0.2) is 12.2 Å². The molecule has 0 amide bonds. The van der Waals surface area contributed by atoms with Gasteiger partial charge < -0.3 is 10.2 Å². The fraction of sp³-hybridized carbons (Fsp3) is 0.200. The topological polar surface area (TPSA) is 113 Å². The van der Waals surface area contributed by atoms with Crippen LogP contribution in [-0.4, -0.2) is 29.2 Å². The number of carboxylic acid groups (broad SMARTS) is 2. The summed E-state index contributed by atoms with van der Waals surface area (Å²) in [6.07, 6.45) is 1.12. The van der Waals surface area contributed by atoms with Crippen molar-refractivity contribution in [2.24, 2.45) is 5.84 Å². The third-order valence-electron chi connectivity index (χ3n) is 0.368. The maximum absolute atomic E-state index is 9.55. The zero-order valence-electron chi connectivity index (χ0n) is 5.94. The molecule has 0 rings (SSSR count). The van der Waals surface area contributed by atoms with Gasteiger partial charge in [-0.05, 0) is 7.05 Å². The molecule has 5 N–H and O–H groups in total. The Morgan fingerprint density at radius 2 is 1.45 bits per heavy atom. The van der Waals surface area contributed by atoms with E-state index in [0.29, 0.717) is 12.2 Å². The number of rotatable bonds is 2. The van der Waals surface area contributed by atoms with E-state index in [1.165, 1.54) is 0 Å². The monoisotopic (exact) mass is 162 g/mol. The van der Waals surface area contributed by atoms with Gasteiger partial charge in [0.25, 0.3) is 0 Å². The van der Waals surface area contributed by atoms with Crippen LogP contribution < -0.4 is 11.3 Å². The lowest BCUT2D eigenvalue weighted by atomic mass is 10.5. The molecule has 6 heteroatoms. The molecule has 0 aliphatic rings. The fourth-order valence-electron chi connectivity index (χ4n) is 0.143. The van der Waals surface area contributed by atoms with Crippen LogP contribution >= 0.6 is 0 Å². The number of hydrazine groups is 1. The van der Waals surface area contributed by atoms with Gasteiger partial charge >= 0.3 is 11.9 Å². The lowest BCUT2D eigenvalue weighted by molar-refractivity contribution is -0.134. The predicted octanol–water partition coefficient (Wildman–Crippen LogP) is -1.21. The third-order valence-corrected chi connectivity index (χ3v) is 0.368. The summed E-state index contributed by atoms with van der Waals surface area (Å²) in [5.41, 5.74) is 2.25. The van der Waals surface area contributed by atoms with Gasteiger partial charge in [-0.15, -0.1) is 0 Å². The van der Waals surface area contributed by atoms with E-state index in [2.05, 4.69) is 11.3 Å². The highest BCUT2D eigenvalue weighted by atomic mass is 16.4. The Labute approximate surface area is 63.3 Å². The van der Waals surface area contributed by atoms with E-state index >= 15 is 0 Å². The molecule has 0 unspecified atom stereocenters. The molecule has 0 radical (unpaired) electrons. The molecular formula is C5H10N2O4. The van der Waals surface area contributed by atoms with Gasteiger partial charge in [-0.25, -0.2) is 9.59 Å². The van der Waals surface area contributed by atoms with Crippen molar-refractivity contribution in [1.82, 2.24) is 5.43 Å². The van der Waals surface area contributed by atoms with Crippen LogP contribution in [0, 0.1) is 0 Å². The average molecular weight is 162 g/mol. The molecule has 0 aromatic heterocycles. The summed E-state index contributed by atoms with van der Waals surface area (Å²) in [5.74, 6) is 2.08. The number of carboxylic acids is 2. The standard InChI is InChI=1S/C4H4O4.CH6N2/c5-3(6)1-2-4(7)8;1-3-2/h1-2H,(H,5,6)(H,7,8);3H,2H2,1H3/b2-1-;. The molecule has 0 saturated heterocycles. The zero-order chi connectivity index (χ0) is 9.28. The first-order chi connectivity index (χ1) is 5.04. The van der Waals surface area contributed by atoms with E-state index in [9.17, 15) is 9.59 Å². The Balaban J connectivity index is 0. The summed E-state index contributed by atoms with van der Waals surface area (Å²) in [7, 11) is 1.65. The van der Waals surface area contributed by atoms with Gasteiger partial charge in [0.1, 0.15) is 0 Å². The molecule has 0 heterocycles. The summed E-state index contributed by atoms with van der Waals surface area (Å²) in [6.45, 7) is 0. The van der Waals surface area contributed by atoms with Gasteiger partial charge in [-0.3, -0.25) is 11.3 Å². The normalized spacial score (nSPS) is 8.55. The Morgan fingerprint density at radius 3 is 1.55 bits per heavy atom. The van der Waals surface area contributed by atoms with Gasteiger partial charge in [0.2, 0.25) is 0 Å². The maximum atomic E-state index is 9.55. The van der Waals surface area contributed by atoms with Crippen LogP contribution in [0.4, 0.5) is 0 Å². The van der Waals surface area contributed by atoms with Crippen molar-refractivity contribution in [1.29, 1.82) is 0 Å². The summed E-state index contributed by atoms with van der Waals surface area (Å²) < 4.78 is 0. The minimum absolute atomic E-state index is 0.558. The van der Waals surface area contributed by atoms with Gasteiger partial charge in [0, 0.05) is 12.2 Å². The Morgan fingerprint density at radius 1 is 1.27 bits per heavy atom. The quantitative estimate of drug-likeness (QED) is 0.230. The van der Waals surface area contributed by atoms with Crippen LogP contribution in [0.25, 0.3) is 0 Å². The van der Waals surface area contributed by atoms with Crippen molar-refractivity contribution in [3.8, 4) is 0 Å². The number of nitrogens with one attached hydrogen (secondary N) is 1. The highest BCUT2D eigenvalue weighted by molar-refractivity contribution is 5.89. The molecule has 0 aliphatic carbocycles. The second-order valence-electron chi connectivity index (χ2n) is 1.30. The average Bonchev–Trinajstić information content (AvgIpc) is 1.85. The Hall–Kier alpha value is -1.40. The summed E-state index contributed by atoms with van der Waals surface area (Å²) in [5, 5.41) is 15.6. The molecule has 0 fully saturated rings. The molecule has 0 aromatic rings. The van der Waals surface area contributed by atoms with Crippen molar-refractivity contribution in [2.75, 3.05) is 7.05 Å². The molecule has 0 atom stereocenters. The van der Waals surface area contributed by atoms with E-state index in [1.54, 1.807) is 7.05 Å². The number of hydrogen-bond acceptors (Lipinski definition) is 4. The highest BCUT2D eigenvalue weighted by Crippen LogP contribution is 1.70. The second kappa shape index (κ2) is 8.60. The largest absolute Gasteiger partial charge is 0.478 e. The molecule has 64 valence electrons. The molecule has 11 heavy (non-hydrogen) atoms. The van der Waals surface area contributed by atoms with Crippen molar-refractivity contribution in [2.45, 2.75) is 0 Å².